The minimum Gasteiger partial charge on any atom is -0.462 e. The van der Waals surface area contributed by atoms with E-state index < -0.39 is 97.5 Å². The topological polar surface area (TPSA) is 237 Å². The van der Waals surface area contributed by atoms with Crippen LogP contribution in [0.3, 0.4) is 0 Å². The van der Waals surface area contributed by atoms with Gasteiger partial charge in [0.25, 0.3) is 0 Å². The van der Waals surface area contributed by atoms with Gasteiger partial charge >= 0.3 is 39.5 Å². The molecule has 0 aromatic carbocycles. The van der Waals surface area contributed by atoms with E-state index in [1.807, 2.05) is 0 Å². The van der Waals surface area contributed by atoms with Gasteiger partial charge in [-0.25, -0.2) is 9.13 Å². The van der Waals surface area contributed by atoms with Gasteiger partial charge in [-0.15, -0.1) is 0 Å². The fraction of sp³-hybridized carbons (Fsp3) is 0.957. The van der Waals surface area contributed by atoms with Crippen LogP contribution in [0.25, 0.3) is 0 Å². The Balaban J connectivity index is 5.22. The molecular formula is C92H180O17P2. The Kier molecular flexibility index (Phi) is 83.0. The van der Waals surface area contributed by atoms with E-state index in [1.54, 1.807) is 0 Å². The van der Waals surface area contributed by atoms with Crippen LogP contribution in [0.5, 0.6) is 0 Å². The molecule has 17 nitrogen and oxygen atoms in total. The molecule has 0 bridgehead atoms. The molecular weight excluding hydrogens is 1440 g/mol. The molecule has 0 aliphatic heterocycles. The highest BCUT2D eigenvalue weighted by Crippen LogP contribution is 2.45. The Morgan fingerprint density at radius 1 is 0.243 bits per heavy atom. The zero-order valence-electron chi connectivity index (χ0n) is 73.1. The molecule has 0 fully saturated rings. The predicted octanol–water partition coefficient (Wildman–Crippen LogP) is 28.7. The first kappa shape index (κ1) is 109. The molecule has 111 heavy (non-hydrogen) atoms. The number of phosphoric ester groups is 2. The van der Waals surface area contributed by atoms with E-state index in [2.05, 4.69) is 34.6 Å². The number of unbranched alkanes of at least 4 members (excludes halogenated alkanes) is 64. The molecule has 0 amide bonds. The van der Waals surface area contributed by atoms with Crippen LogP contribution < -0.4 is 0 Å². The monoisotopic (exact) mass is 1620 g/mol. The molecule has 0 aliphatic carbocycles. The van der Waals surface area contributed by atoms with Crippen molar-refractivity contribution in [3.05, 3.63) is 0 Å². The van der Waals surface area contributed by atoms with Gasteiger partial charge in [0, 0.05) is 25.7 Å². The minimum absolute atomic E-state index is 0.109. The largest absolute Gasteiger partial charge is 0.472 e. The molecule has 0 radical (unpaired) electrons. The van der Waals surface area contributed by atoms with E-state index in [1.165, 1.54) is 327 Å². The lowest BCUT2D eigenvalue weighted by molar-refractivity contribution is -0.161. The fourth-order valence-electron chi connectivity index (χ4n) is 14.5. The lowest BCUT2D eigenvalue weighted by Gasteiger charge is -2.21. The number of ether oxygens (including phenoxy) is 4. The van der Waals surface area contributed by atoms with Gasteiger partial charge < -0.3 is 33.8 Å². The molecule has 0 rings (SSSR count). The van der Waals surface area contributed by atoms with Crippen molar-refractivity contribution in [1.29, 1.82) is 0 Å². The molecule has 5 atom stereocenters. The van der Waals surface area contributed by atoms with E-state index in [0.29, 0.717) is 25.7 Å². The summed E-state index contributed by atoms with van der Waals surface area (Å²) in [6, 6.07) is 0. The normalized spacial score (nSPS) is 13.7. The van der Waals surface area contributed by atoms with Crippen LogP contribution in [0, 0.1) is 5.92 Å². The van der Waals surface area contributed by atoms with Crippen LogP contribution in [0.4, 0.5) is 0 Å². The highest BCUT2D eigenvalue weighted by Gasteiger charge is 2.31. The van der Waals surface area contributed by atoms with Gasteiger partial charge in [0.2, 0.25) is 0 Å². The number of aliphatic hydroxyl groups is 1. The molecule has 0 heterocycles. The van der Waals surface area contributed by atoms with Crippen molar-refractivity contribution in [2.75, 3.05) is 39.6 Å². The van der Waals surface area contributed by atoms with Crippen LogP contribution in [0.1, 0.15) is 503 Å². The molecule has 0 aromatic heterocycles. The van der Waals surface area contributed by atoms with Gasteiger partial charge in [-0.2, -0.15) is 0 Å². The number of carbonyl (C=O) groups is 4. The molecule has 0 aliphatic rings. The van der Waals surface area contributed by atoms with Crippen LogP contribution >= 0.6 is 15.6 Å². The van der Waals surface area contributed by atoms with E-state index >= 15 is 0 Å². The molecule has 2 unspecified atom stereocenters. The van der Waals surface area contributed by atoms with Gasteiger partial charge in [-0.05, 0) is 31.6 Å². The van der Waals surface area contributed by atoms with Gasteiger partial charge in [-0.1, -0.05) is 452 Å². The lowest BCUT2D eigenvalue weighted by atomic mass is 10.0. The van der Waals surface area contributed by atoms with Crippen molar-refractivity contribution in [2.24, 2.45) is 5.92 Å². The molecule has 3 N–H and O–H groups in total. The maximum Gasteiger partial charge on any atom is 0.472 e. The molecule has 0 aromatic rings. The molecule has 0 saturated carbocycles. The zero-order chi connectivity index (χ0) is 81.1. The summed E-state index contributed by atoms with van der Waals surface area (Å²) in [5.74, 6) is -1.28. The molecule has 660 valence electrons. The quantitative estimate of drug-likeness (QED) is 0.0222. The summed E-state index contributed by atoms with van der Waals surface area (Å²) in [4.78, 5) is 73.4. The molecule has 0 spiro atoms. The summed E-state index contributed by atoms with van der Waals surface area (Å²) in [7, 11) is -9.94. The first-order chi connectivity index (χ1) is 54.0. The fourth-order valence-corrected chi connectivity index (χ4v) is 16.1. The maximum absolute atomic E-state index is 13.2. The molecule has 19 heteroatoms. The Bertz CT molecular complexity index is 2100. The van der Waals surface area contributed by atoms with E-state index in [0.717, 1.165) is 95.8 Å². The van der Waals surface area contributed by atoms with Crippen molar-refractivity contribution in [1.82, 2.24) is 0 Å². The van der Waals surface area contributed by atoms with Crippen molar-refractivity contribution >= 4 is 39.5 Å². The summed E-state index contributed by atoms with van der Waals surface area (Å²) >= 11 is 0. The van der Waals surface area contributed by atoms with Crippen LogP contribution in [-0.2, 0) is 65.4 Å². The number of phosphoric acid groups is 2. The Hall–Kier alpha value is -1.94. The Morgan fingerprint density at radius 2 is 0.414 bits per heavy atom. The number of hydrogen-bond acceptors (Lipinski definition) is 15. The third-order valence-electron chi connectivity index (χ3n) is 21.8. The van der Waals surface area contributed by atoms with Gasteiger partial charge in [0.05, 0.1) is 26.4 Å². The van der Waals surface area contributed by atoms with Crippen molar-refractivity contribution in [3.8, 4) is 0 Å². The number of rotatable bonds is 92. The number of hydrogen-bond donors (Lipinski definition) is 3. The smallest absolute Gasteiger partial charge is 0.462 e. The van der Waals surface area contributed by atoms with Crippen molar-refractivity contribution < 1.29 is 80.2 Å². The SMILES string of the molecule is CCCCCCCCCCCCCCCCCCCCCCCCC(=O)O[C@H](COC(=O)CCCCCCCCCCCCCCCCCCC(C)C)COP(=O)(O)OC[C@@H](O)COP(=O)(O)OC[C@@H](COC(=O)CCCCCCCCCCCCC)OC(=O)CCCCCCCCCCCCCCCCCCCCC. The number of carbonyl (C=O) groups excluding carboxylic acids is 4. The standard InChI is InChI=1S/C92H180O17P2/c1-6-9-12-15-18-21-24-26-28-30-32-33-34-36-38-44-48-53-58-63-68-73-78-92(97)109-88(82-103-90(95)76-71-66-61-56-51-46-42-40-39-41-45-50-54-59-64-69-74-85(4)5)84-107-111(100,101)105-80-86(93)79-104-110(98,99)106-83-87(81-102-89(94)75-70-65-60-55-49-23-20-17-14-11-8-3)108-91(96)77-72-67-62-57-52-47-43-37-35-31-29-27-25-22-19-16-13-10-7-2/h85-88,93H,6-84H2,1-5H3,(H,98,99)(H,100,101)/t86-,87+,88+/m0/s1. The van der Waals surface area contributed by atoms with Gasteiger partial charge in [0.1, 0.15) is 19.3 Å². The van der Waals surface area contributed by atoms with Crippen molar-refractivity contribution in [3.63, 3.8) is 0 Å². The predicted molar refractivity (Wildman–Crippen MR) is 460 cm³/mol. The summed E-state index contributed by atoms with van der Waals surface area (Å²) in [6.45, 7) is 7.43. The second kappa shape index (κ2) is 84.5. The first-order valence-corrected chi connectivity index (χ1v) is 50.6. The summed E-state index contributed by atoms with van der Waals surface area (Å²) in [6.07, 6.45) is 80.7. The highest BCUT2D eigenvalue weighted by molar-refractivity contribution is 7.47. The van der Waals surface area contributed by atoms with Crippen LogP contribution in [-0.4, -0.2) is 96.7 Å². The summed E-state index contributed by atoms with van der Waals surface area (Å²) in [5, 5.41) is 10.7. The summed E-state index contributed by atoms with van der Waals surface area (Å²) < 4.78 is 69.1. The second-order valence-electron chi connectivity index (χ2n) is 33.5. The molecule has 0 saturated heterocycles. The summed E-state index contributed by atoms with van der Waals surface area (Å²) in [5.41, 5.74) is 0. The Morgan fingerprint density at radius 3 is 0.613 bits per heavy atom. The van der Waals surface area contributed by atoms with Crippen LogP contribution in [0.2, 0.25) is 0 Å². The second-order valence-corrected chi connectivity index (χ2v) is 36.4. The Labute approximate surface area is 683 Å². The maximum atomic E-state index is 13.2. The van der Waals surface area contributed by atoms with Gasteiger partial charge in [-0.3, -0.25) is 37.3 Å². The highest BCUT2D eigenvalue weighted by atomic mass is 31.2. The van der Waals surface area contributed by atoms with E-state index in [-0.39, 0.29) is 25.7 Å². The average Bonchev–Trinajstić information content (AvgIpc) is 0.899. The van der Waals surface area contributed by atoms with Crippen LogP contribution in [0.15, 0.2) is 0 Å². The zero-order valence-corrected chi connectivity index (χ0v) is 74.9. The third-order valence-corrected chi connectivity index (χ3v) is 23.7. The van der Waals surface area contributed by atoms with Gasteiger partial charge in [0.15, 0.2) is 12.2 Å². The van der Waals surface area contributed by atoms with E-state index in [9.17, 15) is 43.2 Å². The third kappa shape index (κ3) is 85.8. The van der Waals surface area contributed by atoms with E-state index in [4.69, 9.17) is 37.0 Å². The average molecular weight is 1620 g/mol. The minimum atomic E-state index is -4.97. The number of aliphatic hydroxyl groups excluding tert-OH is 1. The number of esters is 4. The lowest BCUT2D eigenvalue weighted by Crippen LogP contribution is -2.30. The first-order valence-electron chi connectivity index (χ1n) is 47.6. The van der Waals surface area contributed by atoms with Crippen molar-refractivity contribution in [2.45, 2.75) is 522 Å².